The lowest BCUT2D eigenvalue weighted by molar-refractivity contribution is -0.139. The summed E-state index contributed by atoms with van der Waals surface area (Å²) < 4.78 is 0. The van der Waals surface area contributed by atoms with Gasteiger partial charge in [-0.25, -0.2) is 9.59 Å². The van der Waals surface area contributed by atoms with Gasteiger partial charge in [0.1, 0.15) is 6.04 Å². The molecule has 0 aromatic rings. The molecule has 104 valence electrons. The summed E-state index contributed by atoms with van der Waals surface area (Å²) in [5.41, 5.74) is 0.0439. The summed E-state index contributed by atoms with van der Waals surface area (Å²) in [6, 6.07) is -1.22. The second kappa shape index (κ2) is 6.04. The fourth-order valence-corrected chi connectivity index (χ4v) is 2.16. The zero-order valence-corrected chi connectivity index (χ0v) is 11.3. The monoisotopic (exact) mass is 257 g/mol. The third-order valence-electron chi connectivity index (χ3n) is 3.82. The van der Waals surface area contributed by atoms with E-state index in [-0.39, 0.29) is 5.54 Å². The highest BCUT2D eigenvalue weighted by Crippen LogP contribution is 2.35. The van der Waals surface area contributed by atoms with Crippen LogP contribution in [0.15, 0.2) is 0 Å². The van der Waals surface area contributed by atoms with Crippen molar-refractivity contribution < 1.29 is 14.7 Å². The van der Waals surface area contributed by atoms with Crippen molar-refractivity contribution in [3.8, 4) is 0 Å². The molecule has 1 aliphatic rings. The van der Waals surface area contributed by atoms with Crippen molar-refractivity contribution in [3.05, 3.63) is 0 Å². The van der Waals surface area contributed by atoms with Crippen molar-refractivity contribution in [1.29, 1.82) is 0 Å². The van der Waals surface area contributed by atoms with Gasteiger partial charge in [-0.2, -0.15) is 0 Å². The van der Waals surface area contributed by atoms with E-state index in [2.05, 4.69) is 15.5 Å². The van der Waals surface area contributed by atoms with Crippen molar-refractivity contribution in [2.24, 2.45) is 0 Å². The van der Waals surface area contributed by atoms with Crippen molar-refractivity contribution in [2.45, 2.75) is 44.2 Å². The summed E-state index contributed by atoms with van der Waals surface area (Å²) in [5, 5.41) is 14.1. The molecule has 0 aromatic carbocycles. The van der Waals surface area contributed by atoms with Crippen LogP contribution in [0.1, 0.15) is 32.6 Å². The number of nitrogens with zero attached hydrogens (tertiary/aromatic N) is 1. The third-order valence-corrected chi connectivity index (χ3v) is 3.82. The first-order valence-corrected chi connectivity index (χ1v) is 6.36. The fraction of sp³-hybridized carbons (Fsp3) is 0.833. The maximum absolute atomic E-state index is 11.6. The molecule has 0 saturated heterocycles. The summed E-state index contributed by atoms with van der Waals surface area (Å²) in [7, 11) is 4.01. The number of carbonyl (C=O) groups excluding carboxylic acids is 1. The van der Waals surface area contributed by atoms with Gasteiger partial charge in [0.05, 0.1) is 0 Å². The predicted octanol–water partition coefficient (Wildman–Crippen LogP) is 0.633. The van der Waals surface area contributed by atoms with E-state index in [1.54, 1.807) is 6.92 Å². The molecule has 2 amide bonds. The number of rotatable bonds is 6. The molecule has 0 spiro atoms. The topological polar surface area (TPSA) is 81.7 Å². The van der Waals surface area contributed by atoms with Gasteiger partial charge in [0.25, 0.3) is 0 Å². The van der Waals surface area contributed by atoms with Crippen LogP contribution in [-0.2, 0) is 4.79 Å². The Labute approximate surface area is 108 Å². The smallest absolute Gasteiger partial charge is 0.326 e. The number of hydrogen-bond acceptors (Lipinski definition) is 3. The summed E-state index contributed by atoms with van der Waals surface area (Å²) in [4.78, 5) is 24.5. The molecule has 1 fully saturated rings. The minimum absolute atomic E-state index is 0.0439. The van der Waals surface area contributed by atoms with Crippen LogP contribution >= 0.6 is 0 Å². The lowest BCUT2D eigenvalue weighted by Gasteiger charge is -2.47. The van der Waals surface area contributed by atoms with Crippen LogP contribution in [0.25, 0.3) is 0 Å². The molecule has 1 atom stereocenters. The maximum Gasteiger partial charge on any atom is 0.326 e. The number of likely N-dealkylation sites (N-methyl/N-ethyl adjacent to an activating group) is 1. The Kier molecular flexibility index (Phi) is 4.95. The molecule has 0 aromatic heterocycles. The van der Waals surface area contributed by atoms with Gasteiger partial charge in [-0.1, -0.05) is 6.92 Å². The summed E-state index contributed by atoms with van der Waals surface area (Å²) >= 11 is 0. The highest BCUT2D eigenvalue weighted by Gasteiger charge is 2.39. The summed E-state index contributed by atoms with van der Waals surface area (Å²) in [6.45, 7) is 2.29. The lowest BCUT2D eigenvalue weighted by Crippen LogP contribution is -2.59. The number of carboxylic acids is 1. The zero-order valence-electron chi connectivity index (χ0n) is 11.3. The van der Waals surface area contributed by atoms with Crippen LogP contribution in [-0.4, -0.2) is 54.2 Å². The van der Waals surface area contributed by atoms with Gasteiger partial charge in [-0.3, -0.25) is 0 Å². The Morgan fingerprint density at radius 1 is 1.39 bits per heavy atom. The Hall–Kier alpha value is -1.30. The van der Waals surface area contributed by atoms with Crippen LogP contribution in [0.5, 0.6) is 0 Å². The van der Waals surface area contributed by atoms with Gasteiger partial charge in [0.2, 0.25) is 0 Å². The van der Waals surface area contributed by atoms with Crippen molar-refractivity contribution in [1.82, 2.24) is 15.5 Å². The molecule has 0 bridgehead atoms. The molecular formula is C12H23N3O3. The third kappa shape index (κ3) is 3.35. The van der Waals surface area contributed by atoms with E-state index < -0.39 is 18.0 Å². The predicted molar refractivity (Wildman–Crippen MR) is 68.5 cm³/mol. The summed E-state index contributed by atoms with van der Waals surface area (Å²) in [5.74, 6) is -1.00. The SMILES string of the molecule is CC[C@@H](NC(=O)NCC1(N(C)C)CCC1)C(=O)O. The van der Waals surface area contributed by atoms with E-state index in [0.717, 1.165) is 12.8 Å². The highest BCUT2D eigenvalue weighted by molar-refractivity contribution is 5.82. The molecule has 6 heteroatoms. The number of carboxylic acid groups (broad SMARTS) is 1. The number of aliphatic carboxylic acids is 1. The Morgan fingerprint density at radius 2 is 2.00 bits per heavy atom. The van der Waals surface area contributed by atoms with Crippen molar-refractivity contribution in [2.75, 3.05) is 20.6 Å². The van der Waals surface area contributed by atoms with E-state index in [0.29, 0.717) is 13.0 Å². The molecule has 0 radical (unpaired) electrons. The molecule has 1 aliphatic carbocycles. The highest BCUT2D eigenvalue weighted by atomic mass is 16.4. The number of urea groups is 1. The molecule has 1 saturated carbocycles. The quantitative estimate of drug-likeness (QED) is 0.652. The number of hydrogen-bond donors (Lipinski definition) is 3. The Bertz CT molecular complexity index is 314. The van der Waals surface area contributed by atoms with Crippen LogP contribution in [0, 0.1) is 0 Å². The molecule has 0 aliphatic heterocycles. The van der Waals surface area contributed by atoms with E-state index in [4.69, 9.17) is 5.11 Å². The first kappa shape index (κ1) is 14.8. The van der Waals surface area contributed by atoms with Crippen molar-refractivity contribution >= 4 is 12.0 Å². The van der Waals surface area contributed by atoms with E-state index >= 15 is 0 Å². The van der Waals surface area contributed by atoms with E-state index in [1.807, 2.05) is 14.1 Å². The largest absolute Gasteiger partial charge is 0.480 e. The Balaban J connectivity index is 2.39. The van der Waals surface area contributed by atoms with Crippen LogP contribution in [0.2, 0.25) is 0 Å². The second-order valence-corrected chi connectivity index (χ2v) is 5.10. The molecule has 6 nitrogen and oxygen atoms in total. The van der Waals surface area contributed by atoms with E-state index in [1.165, 1.54) is 6.42 Å². The normalized spacial score (nSPS) is 18.9. The minimum Gasteiger partial charge on any atom is -0.480 e. The van der Waals surface area contributed by atoms with Gasteiger partial charge in [-0.05, 0) is 39.8 Å². The molecule has 1 rings (SSSR count). The zero-order chi connectivity index (χ0) is 13.8. The number of nitrogens with one attached hydrogen (secondary N) is 2. The average Bonchev–Trinajstić information content (AvgIpc) is 2.23. The van der Waals surface area contributed by atoms with Gasteiger partial charge >= 0.3 is 12.0 Å². The Morgan fingerprint density at radius 3 is 2.33 bits per heavy atom. The second-order valence-electron chi connectivity index (χ2n) is 5.10. The average molecular weight is 257 g/mol. The fourth-order valence-electron chi connectivity index (χ4n) is 2.16. The standard InChI is InChI=1S/C12H23N3O3/c1-4-9(10(16)17)14-11(18)13-8-12(15(2)3)6-5-7-12/h9H,4-8H2,1-3H3,(H,16,17)(H2,13,14,18)/t9-/m1/s1. The number of carbonyl (C=O) groups is 2. The van der Waals surface area contributed by atoms with Crippen LogP contribution < -0.4 is 10.6 Å². The first-order chi connectivity index (χ1) is 8.41. The molecule has 3 N–H and O–H groups in total. The minimum atomic E-state index is -1.00. The van der Waals surface area contributed by atoms with Gasteiger partial charge in [0.15, 0.2) is 0 Å². The lowest BCUT2D eigenvalue weighted by atomic mass is 9.75. The molecule has 18 heavy (non-hydrogen) atoms. The molecular weight excluding hydrogens is 234 g/mol. The molecule has 0 heterocycles. The van der Waals surface area contributed by atoms with Crippen molar-refractivity contribution in [3.63, 3.8) is 0 Å². The maximum atomic E-state index is 11.6. The van der Waals surface area contributed by atoms with Crippen LogP contribution in [0.4, 0.5) is 4.79 Å². The van der Waals surface area contributed by atoms with Gasteiger partial charge < -0.3 is 20.6 Å². The number of amides is 2. The first-order valence-electron chi connectivity index (χ1n) is 6.36. The van der Waals surface area contributed by atoms with Gasteiger partial charge in [0, 0.05) is 12.1 Å². The molecule has 0 unspecified atom stereocenters. The van der Waals surface area contributed by atoms with E-state index in [9.17, 15) is 9.59 Å². The summed E-state index contributed by atoms with van der Waals surface area (Å²) in [6.07, 6.45) is 3.68. The van der Waals surface area contributed by atoms with Gasteiger partial charge in [-0.15, -0.1) is 0 Å². The van der Waals surface area contributed by atoms with Crippen LogP contribution in [0.3, 0.4) is 0 Å².